The molecule has 1 rings (SSSR count). The van der Waals surface area contributed by atoms with E-state index in [-0.39, 0.29) is 17.7 Å². The molecule has 0 aliphatic carbocycles. The number of nitrogens with zero attached hydrogens (tertiary/aromatic N) is 2. The molecule has 0 spiro atoms. The van der Waals surface area contributed by atoms with E-state index >= 15 is 0 Å². The summed E-state index contributed by atoms with van der Waals surface area (Å²) in [7, 11) is 0. The maximum atomic E-state index is 8.56. The van der Waals surface area contributed by atoms with Crippen molar-refractivity contribution in [2.45, 2.75) is 38.8 Å². The van der Waals surface area contributed by atoms with Gasteiger partial charge in [-0.15, -0.1) is 0 Å². The van der Waals surface area contributed by atoms with Crippen molar-refractivity contribution in [3.63, 3.8) is 0 Å². The van der Waals surface area contributed by atoms with Gasteiger partial charge < -0.3 is 0 Å². The lowest BCUT2D eigenvalue weighted by Gasteiger charge is -2.39. The second-order valence-corrected chi connectivity index (χ2v) is 5.30. The highest BCUT2D eigenvalue weighted by Gasteiger charge is 2.46. The number of hydroxylamine groups is 2. The van der Waals surface area contributed by atoms with Crippen LogP contribution < -0.4 is 0 Å². The SMILES string of the molecule is CC1(C)C=C(CBr)C(C)(C)N1OCC#N. The molecule has 0 aromatic carbocycles. The van der Waals surface area contributed by atoms with Gasteiger partial charge in [-0.3, -0.25) is 4.84 Å². The van der Waals surface area contributed by atoms with Crippen molar-refractivity contribution in [3.05, 3.63) is 11.6 Å². The summed E-state index contributed by atoms with van der Waals surface area (Å²) in [5.74, 6) is 0. The molecule has 0 radical (unpaired) electrons. The average molecular weight is 273 g/mol. The molecule has 0 bridgehead atoms. The molecular weight excluding hydrogens is 256 g/mol. The number of rotatable bonds is 3. The van der Waals surface area contributed by atoms with E-state index < -0.39 is 0 Å². The number of alkyl halides is 1. The fourth-order valence-electron chi connectivity index (χ4n) is 2.14. The van der Waals surface area contributed by atoms with E-state index in [0.29, 0.717) is 0 Å². The third kappa shape index (κ3) is 2.25. The highest BCUT2D eigenvalue weighted by molar-refractivity contribution is 9.09. The van der Waals surface area contributed by atoms with Crippen LogP contribution in [-0.4, -0.2) is 28.1 Å². The molecule has 1 aliphatic rings. The quantitative estimate of drug-likeness (QED) is 0.586. The highest BCUT2D eigenvalue weighted by atomic mass is 79.9. The van der Waals surface area contributed by atoms with E-state index in [0.717, 1.165) is 5.33 Å². The number of nitriles is 1. The van der Waals surface area contributed by atoms with Crippen LogP contribution in [0, 0.1) is 11.3 Å². The van der Waals surface area contributed by atoms with Crippen molar-refractivity contribution >= 4 is 15.9 Å². The lowest BCUT2D eigenvalue weighted by molar-refractivity contribution is -0.225. The zero-order chi connectivity index (χ0) is 11.7. The molecule has 0 aromatic rings. The van der Waals surface area contributed by atoms with E-state index in [9.17, 15) is 0 Å². The largest absolute Gasteiger partial charge is 0.282 e. The molecule has 3 nitrogen and oxygen atoms in total. The normalized spacial score (nSPS) is 23.6. The van der Waals surface area contributed by atoms with Crippen molar-refractivity contribution in [1.29, 1.82) is 5.26 Å². The summed E-state index contributed by atoms with van der Waals surface area (Å²) in [5.41, 5.74) is 0.957. The van der Waals surface area contributed by atoms with E-state index in [4.69, 9.17) is 10.1 Å². The molecule has 0 atom stereocenters. The van der Waals surface area contributed by atoms with Gasteiger partial charge in [-0.05, 0) is 33.3 Å². The molecule has 0 aromatic heterocycles. The Labute approximate surface area is 99.8 Å². The zero-order valence-electron chi connectivity index (χ0n) is 9.67. The predicted octanol–water partition coefficient (Wildman–Crippen LogP) is 2.64. The van der Waals surface area contributed by atoms with Crippen LogP contribution in [0.5, 0.6) is 0 Å². The minimum atomic E-state index is -0.163. The van der Waals surface area contributed by atoms with Crippen LogP contribution in [0.1, 0.15) is 27.7 Å². The van der Waals surface area contributed by atoms with Crippen LogP contribution in [0.4, 0.5) is 0 Å². The van der Waals surface area contributed by atoms with Gasteiger partial charge in [0.2, 0.25) is 0 Å². The van der Waals surface area contributed by atoms with Crippen molar-refractivity contribution in [2.75, 3.05) is 11.9 Å². The van der Waals surface area contributed by atoms with Crippen LogP contribution in [-0.2, 0) is 4.84 Å². The summed E-state index contributed by atoms with van der Waals surface area (Å²) < 4.78 is 0. The van der Waals surface area contributed by atoms with Crippen molar-refractivity contribution < 1.29 is 4.84 Å². The van der Waals surface area contributed by atoms with Gasteiger partial charge in [0.25, 0.3) is 0 Å². The first-order valence-electron chi connectivity index (χ1n) is 4.94. The van der Waals surface area contributed by atoms with Crippen molar-refractivity contribution in [3.8, 4) is 6.07 Å². The summed E-state index contributed by atoms with van der Waals surface area (Å²) in [6.45, 7) is 8.47. The van der Waals surface area contributed by atoms with E-state index in [1.54, 1.807) is 0 Å². The lowest BCUT2D eigenvalue weighted by Crippen LogP contribution is -2.50. The third-order valence-corrected chi connectivity index (χ3v) is 3.35. The maximum Gasteiger partial charge on any atom is 0.155 e. The highest BCUT2D eigenvalue weighted by Crippen LogP contribution is 2.40. The molecular formula is C11H17BrN2O. The molecule has 0 unspecified atom stereocenters. The molecule has 0 fully saturated rings. The summed E-state index contributed by atoms with van der Waals surface area (Å²) in [6.07, 6.45) is 2.19. The molecule has 0 saturated heterocycles. The van der Waals surface area contributed by atoms with Crippen LogP contribution in [0.25, 0.3) is 0 Å². The predicted molar refractivity (Wildman–Crippen MR) is 63.4 cm³/mol. The van der Waals surface area contributed by atoms with Crippen LogP contribution in [0.2, 0.25) is 0 Å². The number of hydrogen-bond donors (Lipinski definition) is 0. The molecule has 84 valence electrons. The van der Waals surface area contributed by atoms with Gasteiger partial charge in [0, 0.05) is 5.33 Å². The van der Waals surface area contributed by atoms with Crippen molar-refractivity contribution in [2.24, 2.45) is 0 Å². The second kappa shape index (κ2) is 4.25. The van der Waals surface area contributed by atoms with E-state index in [1.165, 1.54) is 5.57 Å². The standard InChI is InChI=1S/C11H17BrN2O/c1-10(2)7-9(8-12)11(3,4)14(10)15-6-5-13/h7H,6,8H2,1-4H3. The minimum Gasteiger partial charge on any atom is -0.282 e. The molecule has 15 heavy (non-hydrogen) atoms. The Morgan fingerprint density at radius 3 is 2.47 bits per heavy atom. The van der Waals surface area contributed by atoms with Gasteiger partial charge in [0.05, 0.1) is 17.1 Å². The topological polar surface area (TPSA) is 36.3 Å². The Kier molecular flexibility index (Phi) is 3.59. The number of halogens is 1. The number of hydrogen-bond acceptors (Lipinski definition) is 3. The third-order valence-electron chi connectivity index (χ3n) is 2.75. The van der Waals surface area contributed by atoms with Gasteiger partial charge in [-0.25, -0.2) is 0 Å². The zero-order valence-corrected chi connectivity index (χ0v) is 11.3. The fraction of sp³-hybridized carbons (Fsp3) is 0.727. The first-order chi connectivity index (χ1) is 6.86. The Hall–Kier alpha value is -0.370. The lowest BCUT2D eigenvalue weighted by atomic mass is 9.99. The molecule has 0 saturated carbocycles. The summed E-state index contributed by atoms with van der Waals surface area (Å²) in [4.78, 5) is 5.51. The van der Waals surface area contributed by atoms with Crippen LogP contribution >= 0.6 is 15.9 Å². The Morgan fingerprint density at radius 1 is 1.47 bits per heavy atom. The summed E-state index contributed by atoms with van der Waals surface area (Å²) >= 11 is 3.48. The van der Waals surface area contributed by atoms with Crippen LogP contribution in [0.15, 0.2) is 11.6 Å². The Morgan fingerprint density at radius 2 is 2.07 bits per heavy atom. The van der Waals surface area contributed by atoms with Gasteiger partial charge in [-0.2, -0.15) is 10.3 Å². The first kappa shape index (κ1) is 12.7. The van der Waals surface area contributed by atoms with Gasteiger partial charge in [-0.1, -0.05) is 22.0 Å². The molecule has 1 aliphatic heterocycles. The summed E-state index contributed by atoms with van der Waals surface area (Å²) in [6, 6.07) is 2.00. The molecule has 1 heterocycles. The smallest absolute Gasteiger partial charge is 0.155 e. The van der Waals surface area contributed by atoms with Gasteiger partial charge >= 0.3 is 0 Å². The first-order valence-corrected chi connectivity index (χ1v) is 6.07. The van der Waals surface area contributed by atoms with E-state index in [1.807, 2.05) is 11.1 Å². The Bertz CT molecular complexity index is 315. The van der Waals surface area contributed by atoms with Gasteiger partial charge in [0.15, 0.2) is 6.61 Å². The maximum absolute atomic E-state index is 8.56. The minimum absolute atomic E-state index is 0.0935. The second-order valence-electron chi connectivity index (χ2n) is 4.74. The van der Waals surface area contributed by atoms with Gasteiger partial charge in [0.1, 0.15) is 0 Å². The monoisotopic (exact) mass is 272 g/mol. The van der Waals surface area contributed by atoms with E-state index in [2.05, 4.69) is 49.7 Å². The Balaban J connectivity index is 2.94. The summed E-state index contributed by atoms with van der Waals surface area (Å²) in [5, 5.41) is 11.3. The fourth-order valence-corrected chi connectivity index (χ4v) is 2.98. The average Bonchev–Trinajstić information content (AvgIpc) is 2.30. The molecule has 4 heteroatoms. The molecule has 0 N–H and O–H groups in total. The van der Waals surface area contributed by atoms with Crippen LogP contribution in [0.3, 0.4) is 0 Å². The molecule has 0 amide bonds. The van der Waals surface area contributed by atoms with Crippen molar-refractivity contribution in [1.82, 2.24) is 5.06 Å².